The van der Waals surface area contributed by atoms with Crippen molar-refractivity contribution in [3.8, 4) is 11.5 Å². The molecule has 0 spiro atoms. The van der Waals surface area contributed by atoms with Crippen LogP contribution in [0.1, 0.15) is 28.8 Å². The summed E-state index contributed by atoms with van der Waals surface area (Å²) >= 11 is 2.93. The number of hydrogen-bond donors (Lipinski definition) is 2. The van der Waals surface area contributed by atoms with Gasteiger partial charge in [0.1, 0.15) is 11.5 Å². The Morgan fingerprint density at radius 2 is 1.97 bits per heavy atom. The number of nitrogens with one attached hydrogen (secondary N) is 2. The first kappa shape index (κ1) is 21.0. The number of thiazole rings is 1. The number of benzene rings is 1. The molecule has 0 aliphatic carbocycles. The molecule has 0 unspecified atom stereocenters. The van der Waals surface area contributed by atoms with Gasteiger partial charge >= 0.3 is 0 Å². The number of nitrogens with zero attached hydrogens (tertiary/aromatic N) is 1. The van der Waals surface area contributed by atoms with Crippen molar-refractivity contribution in [1.82, 2.24) is 10.3 Å². The first-order valence-corrected chi connectivity index (χ1v) is 11.3. The van der Waals surface area contributed by atoms with Crippen LogP contribution in [0.3, 0.4) is 0 Å². The Kier molecular flexibility index (Phi) is 6.54. The van der Waals surface area contributed by atoms with Gasteiger partial charge in [-0.1, -0.05) is 18.2 Å². The highest BCUT2D eigenvalue weighted by Crippen LogP contribution is 2.28. The minimum Gasteiger partial charge on any atom is -0.459 e. The minimum absolute atomic E-state index is 0.129. The van der Waals surface area contributed by atoms with Crippen LogP contribution in [0.5, 0.6) is 0 Å². The Morgan fingerprint density at radius 1 is 1.13 bits per heavy atom. The van der Waals surface area contributed by atoms with Gasteiger partial charge in [0, 0.05) is 28.5 Å². The molecule has 3 aromatic heterocycles. The van der Waals surface area contributed by atoms with Crippen molar-refractivity contribution in [3.63, 3.8) is 0 Å². The van der Waals surface area contributed by atoms with E-state index in [0.717, 1.165) is 10.5 Å². The molecule has 4 rings (SSSR count). The SMILES string of the molecule is CC(=O)NCc1ccc(-c2csc(NC(=O)c3occc3CSc3ccccc3)n2)o1. The normalized spacial score (nSPS) is 10.7. The second-order valence-corrected chi connectivity index (χ2v) is 8.45. The molecule has 0 aliphatic rings. The van der Waals surface area contributed by atoms with Crippen molar-refractivity contribution in [2.75, 3.05) is 5.32 Å². The number of thioether (sulfide) groups is 1. The van der Waals surface area contributed by atoms with E-state index in [-0.39, 0.29) is 17.6 Å². The number of amides is 2. The predicted octanol–water partition coefficient (Wildman–Crippen LogP) is 5.18. The summed E-state index contributed by atoms with van der Waals surface area (Å²) in [6.07, 6.45) is 1.52. The number of carbonyl (C=O) groups is 2. The Bertz CT molecular complexity index is 1180. The number of rotatable bonds is 8. The van der Waals surface area contributed by atoms with E-state index in [1.54, 1.807) is 35.3 Å². The molecule has 2 N–H and O–H groups in total. The Hall–Kier alpha value is -3.30. The molecule has 7 nitrogen and oxygen atoms in total. The summed E-state index contributed by atoms with van der Waals surface area (Å²) in [6, 6.07) is 15.3. The fourth-order valence-corrected chi connectivity index (χ4v) is 4.34. The summed E-state index contributed by atoms with van der Waals surface area (Å²) in [5.41, 5.74) is 1.42. The maximum atomic E-state index is 12.7. The minimum atomic E-state index is -0.347. The van der Waals surface area contributed by atoms with Crippen LogP contribution in [-0.2, 0) is 17.1 Å². The van der Waals surface area contributed by atoms with Gasteiger partial charge in [-0.05, 0) is 30.3 Å². The van der Waals surface area contributed by atoms with E-state index in [9.17, 15) is 9.59 Å². The van der Waals surface area contributed by atoms with Crippen LogP contribution in [-0.4, -0.2) is 16.8 Å². The second kappa shape index (κ2) is 9.67. The number of furan rings is 2. The number of carbonyl (C=O) groups excluding carboxylic acids is 2. The van der Waals surface area contributed by atoms with E-state index in [1.165, 1.54) is 24.5 Å². The fraction of sp³-hybridized carbons (Fsp3) is 0.136. The van der Waals surface area contributed by atoms with Gasteiger partial charge in [0.25, 0.3) is 5.91 Å². The van der Waals surface area contributed by atoms with Crippen molar-refractivity contribution in [1.29, 1.82) is 0 Å². The Balaban J connectivity index is 1.38. The van der Waals surface area contributed by atoms with Crippen molar-refractivity contribution in [2.24, 2.45) is 0 Å². The molecule has 4 aromatic rings. The van der Waals surface area contributed by atoms with Crippen molar-refractivity contribution in [3.05, 3.63) is 77.3 Å². The smallest absolute Gasteiger partial charge is 0.293 e. The topological polar surface area (TPSA) is 97.4 Å². The molecule has 0 aliphatic heterocycles. The summed E-state index contributed by atoms with van der Waals surface area (Å²) < 4.78 is 11.1. The van der Waals surface area contributed by atoms with Crippen molar-refractivity contribution < 1.29 is 18.4 Å². The maximum absolute atomic E-state index is 12.7. The molecular formula is C22H19N3O4S2. The molecule has 0 saturated carbocycles. The van der Waals surface area contributed by atoms with E-state index in [2.05, 4.69) is 15.6 Å². The molecule has 0 radical (unpaired) electrons. The third-order valence-electron chi connectivity index (χ3n) is 4.24. The van der Waals surface area contributed by atoms with Crippen LogP contribution in [0.4, 0.5) is 5.13 Å². The zero-order valence-corrected chi connectivity index (χ0v) is 18.2. The van der Waals surface area contributed by atoms with Gasteiger partial charge in [0.2, 0.25) is 5.91 Å². The largest absolute Gasteiger partial charge is 0.459 e. The number of anilines is 1. The first-order valence-electron chi connectivity index (χ1n) is 9.43. The lowest BCUT2D eigenvalue weighted by Crippen LogP contribution is -2.18. The Morgan fingerprint density at radius 3 is 2.77 bits per heavy atom. The van der Waals surface area contributed by atoms with Gasteiger partial charge in [-0.3, -0.25) is 14.9 Å². The van der Waals surface area contributed by atoms with Crippen LogP contribution < -0.4 is 10.6 Å². The lowest BCUT2D eigenvalue weighted by molar-refractivity contribution is -0.119. The fourth-order valence-electron chi connectivity index (χ4n) is 2.75. The maximum Gasteiger partial charge on any atom is 0.293 e. The van der Waals surface area contributed by atoms with Gasteiger partial charge < -0.3 is 14.2 Å². The van der Waals surface area contributed by atoms with Crippen molar-refractivity contribution >= 4 is 40.0 Å². The van der Waals surface area contributed by atoms with Gasteiger partial charge in [-0.15, -0.1) is 23.1 Å². The van der Waals surface area contributed by atoms with E-state index < -0.39 is 0 Å². The van der Waals surface area contributed by atoms with Gasteiger partial charge in [0.05, 0.1) is 12.8 Å². The van der Waals surface area contributed by atoms with E-state index >= 15 is 0 Å². The molecule has 0 saturated heterocycles. The van der Waals surface area contributed by atoms with Crippen LogP contribution in [0, 0.1) is 0 Å². The summed E-state index contributed by atoms with van der Waals surface area (Å²) in [7, 11) is 0. The van der Waals surface area contributed by atoms with Crippen LogP contribution in [0.25, 0.3) is 11.5 Å². The summed E-state index contributed by atoms with van der Waals surface area (Å²) in [5.74, 6) is 1.61. The average Bonchev–Trinajstić information content (AvgIpc) is 3.51. The highest BCUT2D eigenvalue weighted by molar-refractivity contribution is 7.98. The highest BCUT2D eigenvalue weighted by atomic mass is 32.2. The zero-order chi connectivity index (χ0) is 21.6. The first-order chi connectivity index (χ1) is 15.1. The molecule has 31 heavy (non-hydrogen) atoms. The van der Waals surface area contributed by atoms with E-state index in [1.807, 2.05) is 30.3 Å². The number of hydrogen-bond acceptors (Lipinski definition) is 7. The van der Waals surface area contributed by atoms with E-state index in [4.69, 9.17) is 8.83 Å². The molecule has 9 heteroatoms. The average molecular weight is 454 g/mol. The molecule has 0 bridgehead atoms. The molecule has 1 aromatic carbocycles. The predicted molar refractivity (Wildman–Crippen MR) is 120 cm³/mol. The monoisotopic (exact) mass is 453 g/mol. The lowest BCUT2D eigenvalue weighted by Gasteiger charge is -2.03. The molecule has 0 fully saturated rings. The molecule has 0 atom stereocenters. The van der Waals surface area contributed by atoms with Crippen LogP contribution in [0.2, 0.25) is 0 Å². The lowest BCUT2D eigenvalue weighted by atomic mass is 10.3. The van der Waals surface area contributed by atoms with Gasteiger partial charge in [0.15, 0.2) is 16.7 Å². The number of aromatic nitrogens is 1. The van der Waals surface area contributed by atoms with Crippen molar-refractivity contribution in [2.45, 2.75) is 24.1 Å². The molecule has 2 amide bonds. The third kappa shape index (κ3) is 5.44. The van der Waals surface area contributed by atoms with Gasteiger partial charge in [-0.2, -0.15) is 0 Å². The molecular weight excluding hydrogens is 434 g/mol. The van der Waals surface area contributed by atoms with Crippen LogP contribution in [0.15, 0.2) is 73.9 Å². The highest BCUT2D eigenvalue weighted by Gasteiger charge is 2.18. The third-order valence-corrected chi connectivity index (χ3v) is 6.06. The zero-order valence-electron chi connectivity index (χ0n) is 16.6. The Labute approximate surface area is 186 Å². The van der Waals surface area contributed by atoms with E-state index in [0.29, 0.717) is 34.6 Å². The standard InChI is InChI=1S/C22H19N3O4S2/c1-14(26)23-11-16-7-8-19(29-16)18-13-31-22(24-18)25-21(27)20-15(9-10-28-20)12-30-17-5-3-2-4-6-17/h2-10,13H,11-12H2,1H3,(H,23,26)(H,24,25,27). The molecule has 158 valence electrons. The quantitative estimate of drug-likeness (QED) is 0.357. The summed E-state index contributed by atoms with van der Waals surface area (Å²) in [4.78, 5) is 29.3. The second-order valence-electron chi connectivity index (χ2n) is 6.54. The van der Waals surface area contributed by atoms with Gasteiger partial charge in [-0.25, -0.2) is 4.98 Å². The molecule has 3 heterocycles. The summed E-state index contributed by atoms with van der Waals surface area (Å²) in [5, 5.41) is 7.71. The van der Waals surface area contributed by atoms with Crippen LogP contribution >= 0.6 is 23.1 Å². The summed E-state index contributed by atoms with van der Waals surface area (Å²) in [6.45, 7) is 1.76.